The van der Waals surface area contributed by atoms with Crippen LogP contribution in [0.4, 0.5) is 0 Å². The molecule has 0 unspecified atom stereocenters. The lowest BCUT2D eigenvalue weighted by Crippen LogP contribution is -1.87. The van der Waals surface area contributed by atoms with Gasteiger partial charge >= 0.3 is 0 Å². The molecule has 0 saturated heterocycles. The molecule has 0 aliphatic rings. The van der Waals surface area contributed by atoms with Gasteiger partial charge in [-0.25, -0.2) is 0 Å². The first-order valence-electron chi connectivity index (χ1n) is 7.01. The fourth-order valence-electron chi connectivity index (χ4n) is 2.07. The minimum atomic E-state index is 1.20. The maximum Gasteiger partial charge on any atom is 0.113 e. The Morgan fingerprint density at radius 3 is 1.47 bits per heavy atom. The molecule has 0 spiro atoms. The first-order chi connectivity index (χ1) is 9.47. The second kappa shape index (κ2) is 5.65. The van der Waals surface area contributed by atoms with Crippen LogP contribution >= 0.6 is 0 Å². The largest absolute Gasteiger partial charge is 0.150 e. The van der Waals surface area contributed by atoms with Crippen LogP contribution in [0.15, 0.2) is 54.6 Å². The molecule has 0 bridgehead atoms. The van der Waals surface area contributed by atoms with E-state index in [1.807, 2.05) is 33.8 Å². The summed E-state index contributed by atoms with van der Waals surface area (Å²) in [5.74, 6) is 0. The monoisotopic (exact) mass is 255 g/mol. The maximum absolute atomic E-state index is 2.16. The van der Waals surface area contributed by atoms with Gasteiger partial charge < -0.3 is 0 Å². The zero-order chi connectivity index (χ0) is 13.8. The van der Waals surface area contributed by atoms with Gasteiger partial charge in [-0.15, -0.1) is 9.26 Å². The van der Waals surface area contributed by atoms with Crippen LogP contribution in [-0.2, 0) is 0 Å². The summed E-state index contributed by atoms with van der Waals surface area (Å²) in [5.41, 5.74) is 3.76. The molecular weight excluding hydrogens is 234 g/mol. The molecule has 2 aromatic carbocycles. The van der Waals surface area contributed by atoms with Crippen molar-refractivity contribution >= 4 is 11.0 Å². The molecule has 0 N–H and O–H groups in total. The SMILES string of the molecule is CC.CC.c1ccc(-n2n3c4ccccc4n23)cc1. The summed E-state index contributed by atoms with van der Waals surface area (Å²) >= 11 is 0. The number of aromatic nitrogens is 3. The van der Waals surface area contributed by atoms with Crippen molar-refractivity contribution in [3.63, 3.8) is 0 Å². The van der Waals surface area contributed by atoms with Gasteiger partial charge in [0, 0.05) is 0 Å². The number of benzene rings is 2. The molecule has 0 aliphatic carbocycles. The van der Waals surface area contributed by atoms with Gasteiger partial charge in [0.05, 0.1) is 5.69 Å². The highest BCUT2D eigenvalue weighted by Crippen LogP contribution is 2.25. The van der Waals surface area contributed by atoms with Crippen molar-refractivity contribution in [2.24, 2.45) is 0 Å². The molecule has 19 heavy (non-hydrogen) atoms. The van der Waals surface area contributed by atoms with Crippen molar-refractivity contribution in [2.45, 2.75) is 27.7 Å². The van der Waals surface area contributed by atoms with E-state index in [-0.39, 0.29) is 0 Å². The molecule has 0 saturated carbocycles. The Hall–Kier alpha value is -2.16. The smallest absolute Gasteiger partial charge is 0.113 e. The molecule has 0 amide bonds. The third kappa shape index (κ3) is 2.01. The second-order valence-electron chi connectivity index (χ2n) is 3.69. The molecule has 4 rings (SSSR count). The number of fused-ring (bicyclic) bond motifs is 4. The normalized spacial score (nSPS) is 10.1. The highest BCUT2D eigenvalue weighted by Gasteiger charge is 2.22. The van der Waals surface area contributed by atoms with Gasteiger partial charge in [0.1, 0.15) is 11.0 Å². The molecule has 2 heterocycles. The number of rotatable bonds is 1. The van der Waals surface area contributed by atoms with Gasteiger partial charge in [0.15, 0.2) is 0 Å². The van der Waals surface area contributed by atoms with E-state index in [2.05, 4.69) is 62.6 Å². The number of hydrogen-bond donors (Lipinski definition) is 0. The van der Waals surface area contributed by atoms with E-state index in [0.717, 1.165) is 0 Å². The topological polar surface area (TPSA) is 13.8 Å². The van der Waals surface area contributed by atoms with E-state index in [9.17, 15) is 0 Å². The predicted molar refractivity (Wildman–Crippen MR) is 81.6 cm³/mol. The van der Waals surface area contributed by atoms with Crippen LogP contribution in [0, 0.1) is 0 Å². The van der Waals surface area contributed by atoms with Gasteiger partial charge in [0.2, 0.25) is 0 Å². The van der Waals surface area contributed by atoms with Crippen LogP contribution in [0.2, 0.25) is 0 Å². The van der Waals surface area contributed by atoms with Crippen molar-refractivity contribution in [2.75, 3.05) is 0 Å². The van der Waals surface area contributed by atoms with Crippen LogP contribution in [0.5, 0.6) is 0 Å². The third-order valence-corrected chi connectivity index (χ3v) is 2.81. The van der Waals surface area contributed by atoms with E-state index in [4.69, 9.17) is 0 Å². The fraction of sp³-hybridized carbons (Fsp3) is 0.250. The molecule has 4 aromatic rings. The third-order valence-electron chi connectivity index (χ3n) is 2.81. The first-order valence-corrected chi connectivity index (χ1v) is 7.01. The Kier molecular flexibility index (Phi) is 3.95. The second-order valence-corrected chi connectivity index (χ2v) is 3.69. The van der Waals surface area contributed by atoms with E-state index >= 15 is 0 Å². The summed E-state index contributed by atoms with van der Waals surface area (Å²) in [5, 5.41) is 0. The van der Waals surface area contributed by atoms with Gasteiger partial charge in [-0.2, -0.15) is 4.80 Å². The van der Waals surface area contributed by atoms with Gasteiger partial charge in [-0.3, -0.25) is 0 Å². The average Bonchev–Trinajstić information content (AvgIpc) is 3.19. The summed E-state index contributed by atoms with van der Waals surface area (Å²) in [7, 11) is 0. The van der Waals surface area contributed by atoms with Crippen molar-refractivity contribution in [3.8, 4) is 5.69 Å². The molecule has 3 heteroatoms. The molecule has 100 valence electrons. The van der Waals surface area contributed by atoms with Crippen molar-refractivity contribution in [1.29, 1.82) is 0 Å². The zero-order valence-electron chi connectivity index (χ0n) is 12.0. The van der Waals surface area contributed by atoms with E-state index in [1.54, 1.807) is 0 Å². The Morgan fingerprint density at radius 1 is 0.579 bits per heavy atom. The lowest BCUT2D eigenvalue weighted by Gasteiger charge is -1.92. The van der Waals surface area contributed by atoms with E-state index in [0.29, 0.717) is 0 Å². The zero-order valence-corrected chi connectivity index (χ0v) is 12.0. The summed E-state index contributed by atoms with van der Waals surface area (Å²) in [6, 6.07) is 18.8. The van der Waals surface area contributed by atoms with Gasteiger partial charge in [-0.1, -0.05) is 58.0 Å². The van der Waals surface area contributed by atoms with Gasteiger partial charge in [-0.05, 0) is 24.3 Å². The molecule has 2 aromatic heterocycles. The maximum atomic E-state index is 2.16. The quantitative estimate of drug-likeness (QED) is 0.476. The van der Waals surface area contributed by atoms with E-state index < -0.39 is 0 Å². The van der Waals surface area contributed by atoms with Crippen LogP contribution < -0.4 is 0 Å². The van der Waals surface area contributed by atoms with Gasteiger partial charge in [0.25, 0.3) is 0 Å². The van der Waals surface area contributed by atoms with Crippen molar-refractivity contribution in [1.82, 2.24) is 14.1 Å². The summed E-state index contributed by atoms with van der Waals surface area (Å²) in [6.07, 6.45) is 0. The fourth-order valence-corrected chi connectivity index (χ4v) is 2.07. The Morgan fingerprint density at radius 2 is 1.00 bits per heavy atom. The van der Waals surface area contributed by atoms with E-state index in [1.165, 1.54) is 16.7 Å². The molecular formula is C16H21N3. The van der Waals surface area contributed by atoms with Crippen LogP contribution in [0.3, 0.4) is 0 Å². The Bertz CT molecular complexity index is 671. The first kappa shape index (κ1) is 13.3. The molecule has 3 nitrogen and oxygen atoms in total. The standard InChI is InChI=1S/C12H9N3.2C2H6/c1-2-6-10(7-3-1)13-14-11-8-4-5-9-12(11)15(13)14;2*1-2/h1-9H;2*1-2H3. The van der Waals surface area contributed by atoms with Crippen LogP contribution in [0.1, 0.15) is 27.7 Å². The summed E-state index contributed by atoms with van der Waals surface area (Å²) < 4.78 is 4.31. The molecule has 0 radical (unpaired) electrons. The lowest BCUT2D eigenvalue weighted by molar-refractivity contribution is 1.02. The number of hydrogen-bond acceptors (Lipinski definition) is 0. The predicted octanol–water partition coefficient (Wildman–Crippen LogP) is 4.47. The molecule has 0 aliphatic heterocycles. The number of para-hydroxylation sites is 3. The van der Waals surface area contributed by atoms with Crippen molar-refractivity contribution < 1.29 is 0 Å². The number of nitrogens with zero attached hydrogens (tertiary/aromatic N) is 3. The highest BCUT2D eigenvalue weighted by molar-refractivity contribution is 5.79. The molecule has 0 fully saturated rings. The summed E-state index contributed by atoms with van der Waals surface area (Å²) in [4.78, 5) is 2.16. The highest BCUT2D eigenvalue weighted by atomic mass is 15.9. The average molecular weight is 255 g/mol. The summed E-state index contributed by atoms with van der Waals surface area (Å²) in [6.45, 7) is 8.00. The van der Waals surface area contributed by atoms with Crippen LogP contribution in [-0.4, -0.2) is 14.1 Å². The lowest BCUT2D eigenvalue weighted by atomic mass is 10.3. The van der Waals surface area contributed by atoms with Crippen molar-refractivity contribution in [3.05, 3.63) is 54.6 Å². The van der Waals surface area contributed by atoms with Crippen LogP contribution in [0.25, 0.3) is 16.7 Å². The minimum Gasteiger partial charge on any atom is -0.150 e. The Balaban J connectivity index is 0.000000308. The minimum absolute atomic E-state index is 1.20. The Labute approximate surface area is 113 Å². The molecule has 0 atom stereocenters.